The second-order valence-electron chi connectivity index (χ2n) is 11.7. The molecular weight excluding hydrogens is 693 g/mol. The van der Waals surface area contributed by atoms with E-state index in [0.717, 1.165) is 45.3 Å². The monoisotopic (exact) mass is 745 g/mol. The lowest BCUT2D eigenvalue weighted by atomic mass is 10.2. The van der Waals surface area contributed by atoms with Crippen LogP contribution in [0.5, 0.6) is 11.5 Å². The molecule has 286 valence electrons. The van der Waals surface area contributed by atoms with E-state index < -0.39 is 5.82 Å². The van der Waals surface area contributed by atoms with Gasteiger partial charge in [-0.1, -0.05) is 25.4 Å². The molecule has 0 radical (unpaired) electrons. The Hall–Kier alpha value is -4.83. The molecule has 0 unspecified atom stereocenters. The molecular formula is C35H53ClFN11O4. The first kappa shape index (κ1) is 41.6. The summed E-state index contributed by atoms with van der Waals surface area (Å²) >= 11 is 5.95. The van der Waals surface area contributed by atoms with E-state index in [1.807, 2.05) is 24.8 Å². The van der Waals surface area contributed by atoms with Gasteiger partial charge in [-0.15, -0.1) is 0 Å². The maximum absolute atomic E-state index is 13.6. The van der Waals surface area contributed by atoms with Gasteiger partial charge in [0.05, 0.1) is 24.3 Å². The summed E-state index contributed by atoms with van der Waals surface area (Å²) in [4.78, 5) is 41.2. The molecule has 2 aromatic carbocycles. The Morgan fingerprint density at radius 3 is 2.33 bits per heavy atom. The van der Waals surface area contributed by atoms with Crippen LogP contribution in [-0.2, 0) is 0 Å². The van der Waals surface area contributed by atoms with Crippen molar-refractivity contribution in [1.29, 1.82) is 0 Å². The lowest BCUT2D eigenvalue weighted by Gasteiger charge is -2.34. The smallest absolute Gasteiger partial charge is 0.317 e. The Morgan fingerprint density at radius 2 is 1.63 bits per heavy atom. The molecule has 0 spiro atoms. The number of hydrogen-bond donors (Lipinski definition) is 6. The van der Waals surface area contributed by atoms with Crippen LogP contribution >= 0.6 is 11.6 Å². The van der Waals surface area contributed by atoms with Crippen molar-refractivity contribution >= 4 is 52.0 Å². The number of methoxy groups -OCH3 is 1. The van der Waals surface area contributed by atoms with Gasteiger partial charge in [-0.25, -0.2) is 23.9 Å². The van der Waals surface area contributed by atoms with Crippen molar-refractivity contribution in [1.82, 2.24) is 35.7 Å². The SMILES string of the molecule is CC.COc1cc2ncnc(Nc3ccc(F)c(Cl)c3)c2cc1OCCCN1CCN(C(=O)NCCCCCNC(=O)NCCCN=C(N)N)CC1. The van der Waals surface area contributed by atoms with Crippen LogP contribution in [0.25, 0.3) is 10.9 Å². The second kappa shape index (κ2) is 22.9. The van der Waals surface area contributed by atoms with E-state index in [1.54, 1.807) is 19.2 Å². The number of nitrogens with two attached hydrogens (primary N) is 2. The van der Waals surface area contributed by atoms with E-state index >= 15 is 0 Å². The number of anilines is 2. The average molecular weight is 746 g/mol. The number of hydrogen-bond acceptors (Lipinski definition) is 9. The molecule has 0 aliphatic carbocycles. The van der Waals surface area contributed by atoms with Crippen LogP contribution in [0.15, 0.2) is 41.7 Å². The minimum Gasteiger partial charge on any atom is -0.493 e. The highest BCUT2D eigenvalue weighted by Crippen LogP contribution is 2.35. The number of benzene rings is 2. The van der Waals surface area contributed by atoms with Crippen molar-refractivity contribution in [2.75, 3.05) is 77.9 Å². The summed E-state index contributed by atoms with van der Waals surface area (Å²) in [5.74, 6) is 1.18. The highest BCUT2D eigenvalue weighted by Gasteiger charge is 2.20. The van der Waals surface area contributed by atoms with Crippen molar-refractivity contribution in [3.05, 3.63) is 47.5 Å². The number of nitrogens with one attached hydrogen (secondary N) is 4. The average Bonchev–Trinajstić information content (AvgIpc) is 3.15. The molecule has 1 aliphatic heterocycles. The third kappa shape index (κ3) is 14.1. The number of carbonyl (C=O) groups is 2. The van der Waals surface area contributed by atoms with Crippen molar-refractivity contribution in [3.8, 4) is 11.5 Å². The first-order valence-corrected chi connectivity index (χ1v) is 18.1. The normalized spacial score (nSPS) is 12.7. The van der Waals surface area contributed by atoms with Crippen LogP contribution in [-0.4, -0.2) is 110 Å². The summed E-state index contributed by atoms with van der Waals surface area (Å²) in [6.07, 6.45) is 5.44. The van der Waals surface area contributed by atoms with Crippen molar-refractivity contribution in [2.24, 2.45) is 16.5 Å². The molecule has 8 N–H and O–H groups in total. The molecule has 1 fully saturated rings. The third-order valence-corrected chi connectivity index (χ3v) is 8.26. The number of unbranched alkanes of at least 4 members (excludes halogenated alkanes) is 2. The lowest BCUT2D eigenvalue weighted by molar-refractivity contribution is 0.134. The Balaban J connectivity index is 0.00000358. The first-order chi connectivity index (χ1) is 25.2. The van der Waals surface area contributed by atoms with Crippen molar-refractivity contribution in [2.45, 2.75) is 46.0 Å². The Bertz CT molecular complexity index is 1590. The zero-order chi connectivity index (χ0) is 37.7. The number of fused-ring (bicyclic) bond motifs is 1. The lowest BCUT2D eigenvalue weighted by Crippen LogP contribution is -2.52. The zero-order valence-electron chi connectivity index (χ0n) is 30.4. The van der Waals surface area contributed by atoms with E-state index in [0.29, 0.717) is 86.2 Å². The summed E-state index contributed by atoms with van der Waals surface area (Å²) < 4.78 is 25.3. The Morgan fingerprint density at radius 1 is 0.923 bits per heavy atom. The topological polar surface area (TPSA) is 197 Å². The zero-order valence-corrected chi connectivity index (χ0v) is 31.1. The maximum Gasteiger partial charge on any atom is 0.317 e. The van der Waals surface area contributed by atoms with Gasteiger partial charge in [0, 0.05) is 76.0 Å². The number of nitrogens with zero attached hydrogens (tertiary/aromatic N) is 5. The predicted octanol–water partition coefficient (Wildman–Crippen LogP) is 4.43. The van der Waals surface area contributed by atoms with Crippen LogP contribution in [0, 0.1) is 5.82 Å². The van der Waals surface area contributed by atoms with Crippen LogP contribution in [0.2, 0.25) is 5.02 Å². The van der Waals surface area contributed by atoms with Gasteiger partial charge in [-0.3, -0.25) is 9.89 Å². The molecule has 0 atom stereocenters. The summed E-state index contributed by atoms with van der Waals surface area (Å²) in [7, 11) is 1.58. The van der Waals surface area contributed by atoms with Gasteiger partial charge in [0.1, 0.15) is 18.0 Å². The van der Waals surface area contributed by atoms with E-state index in [4.69, 9.17) is 32.5 Å². The minimum atomic E-state index is -0.500. The fourth-order valence-corrected chi connectivity index (χ4v) is 5.46. The minimum absolute atomic E-state index is 0.00918. The number of urea groups is 2. The second-order valence-corrected chi connectivity index (χ2v) is 12.1. The number of carbonyl (C=O) groups excluding carboxylic acids is 2. The van der Waals surface area contributed by atoms with Crippen LogP contribution in [0.1, 0.15) is 46.0 Å². The molecule has 2 heterocycles. The van der Waals surface area contributed by atoms with E-state index in [1.165, 1.54) is 18.5 Å². The highest BCUT2D eigenvalue weighted by molar-refractivity contribution is 6.31. The van der Waals surface area contributed by atoms with Crippen LogP contribution < -0.4 is 42.2 Å². The molecule has 4 rings (SSSR count). The van der Waals surface area contributed by atoms with Crippen molar-refractivity contribution < 1.29 is 23.5 Å². The molecule has 0 bridgehead atoms. The van der Waals surface area contributed by atoms with Crippen molar-refractivity contribution in [3.63, 3.8) is 0 Å². The Kier molecular flexibility index (Phi) is 18.3. The molecule has 15 nitrogen and oxygen atoms in total. The number of piperazine rings is 1. The highest BCUT2D eigenvalue weighted by atomic mass is 35.5. The van der Waals surface area contributed by atoms with Gasteiger partial charge < -0.3 is 47.1 Å². The largest absolute Gasteiger partial charge is 0.493 e. The van der Waals surface area contributed by atoms with E-state index in [-0.39, 0.29) is 23.0 Å². The maximum atomic E-state index is 13.6. The summed E-state index contributed by atoms with van der Waals surface area (Å²) in [5.41, 5.74) is 11.8. The summed E-state index contributed by atoms with van der Waals surface area (Å²) in [5, 5.41) is 12.5. The number of ether oxygens (including phenoxy) is 2. The molecule has 1 aromatic heterocycles. The first-order valence-electron chi connectivity index (χ1n) is 17.7. The molecule has 52 heavy (non-hydrogen) atoms. The van der Waals surface area contributed by atoms with Gasteiger partial charge in [0.15, 0.2) is 17.5 Å². The third-order valence-electron chi connectivity index (χ3n) is 7.97. The van der Waals surface area contributed by atoms with E-state index in [9.17, 15) is 14.0 Å². The Labute approximate surface area is 310 Å². The number of amides is 4. The number of rotatable bonds is 18. The van der Waals surface area contributed by atoms with Crippen LogP contribution in [0.4, 0.5) is 25.5 Å². The number of aromatic nitrogens is 2. The van der Waals surface area contributed by atoms with Crippen LogP contribution in [0.3, 0.4) is 0 Å². The summed E-state index contributed by atoms with van der Waals surface area (Å²) in [6.45, 7) is 10.3. The van der Waals surface area contributed by atoms with Gasteiger partial charge in [-0.05, 0) is 56.4 Å². The fourth-order valence-electron chi connectivity index (χ4n) is 5.28. The predicted molar refractivity (Wildman–Crippen MR) is 204 cm³/mol. The molecule has 4 amide bonds. The number of halogens is 2. The molecule has 1 aliphatic rings. The van der Waals surface area contributed by atoms with Gasteiger partial charge >= 0.3 is 12.1 Å². The molecule has 17 heteroatoms. The molecule has 3 aromatic rings. The van der Waals surface area contributed by atoms with Gasteiger partial charge in [0.25, 0.3) is 0 Å². The summed E-state index contributed by atoms with van der Waals surface area (Å²) in [6, 6.07) is 7.73. The fraction of sp³-hybridized carbons (Fsp3) is 0.514. The van der Waals surface area contributed by atoms with Gasteiger partial charge in [0.2, 0.25) is 0 Å². The molecule has 0 saturated carbocycles. The number of guanidine groups is 1. The van der Waals surface area contributed by atoms with Gasteiger partial charge in [-0.2, -0.15) is 0 Å². The quantitative estimate of drug-likeness (QED) is 0.0616. The van der Waals surface area contributed by atoms with E-state index in [2.05, 4.69) is 41.1 Å². The number of aliphatic imine (C=N–C) groups is 1. The molecule has 1 saturated heterocycles. The standard InChI is InChI=1S/C33H47ClFN11O4.C2H6/c1-49-28-21-27-24(30(43-22-42-27)44-23-7-8-26(35)25(34)19-23)20-29(28)50-18-6-13-45-14-16-46(17-15-45)33(48)41-10-4-2-3-9-39-32(47)40-12-5-11-38-31(36)37;1-2/h7-8,19-22H,2-6,9-18H2,1H3,(H,41,48)(H4,36,37,38)(H2,39,40,47)(H,42,43,44);1-2H3.